The summed E-state index contributed by atoms with van der Waals surface area (Å²) in [6.07, 6.45) is 0. The first-order valence-corrected chi connectivity index (χ1v) is 8.38. The molecule has 0 saturated carbocycles. The number of halogens is 1. The predicted octanol–water partition coefficient (Wildman–Crippen LogP) is 3.01. The summed E-state index contributed by atoms with van der Waals surface area (Å²) in [5.74, 6) is 0.839. The maximum Gasteiger partial charge on any atom is 0.242 e. The third kappa shape index (κ3) is 3.33. The fourth-order valence-corrected chi connectivity index (χ4v) is 2.19. The van der Waals surface area contributed by atoms with Crippen LogP contribution < -0.4 is 10.2 Å². The van der Waals surface area contributed by atoms with E-state index in [-0.39, 0.29) is 0 Å². The van der Waals surface area contributed by atoms with Gasteiger partial charge in [0.25, 0.3) is 0 Å². The maximum atomic E-state index is 6.01. The van der Waals surface area contributed by atoms with Gasteiger partial charge >= 0.3 is 0 Å². The molecule has 0 aliphatic carbocycles. The third-order valence-corrected chi connectivity index (χ3v) is 2.87. The number of rotatable bonds is 3. The highest BCUT2D eigenvalue weighted by Gasteiger charge is 2.16. The first-order chi connectivity index (χ1) is 6.42. The van der Waals surface area contributed by atoms with E-state index < -0.39 is 8.32 Å². The Morgan fingerprint density at radius 3 is 2.43 bits per heavy atom. The molecular weight excluding hydrogens is 214 g/mol. The number of benzene rings is 1. The fourth-order valence-electron chi connectivity index (χ4n) is 1.11. The van der Waals surface area contributed by atoms with Crippen LogP contribution in [0.2, 0.25) is 24.7 Å². The van der Waals surface area contributed by atoms with Crippen molar-refractivity contribution < 1.29 is 4.43 Å². The Morgan fingerprint density at radius 2 is 2.00 bits per heavy atom. The van der Waals surface area contributed by atoms with Gasteiger partial charge in [-0.05, 0) is 37.3 Å². The van der Waals surface area contributed by atoms with Crippen LogP contribution in [-0.2, 0) is 6.54 Å². The van der Waals surface area contributed by atoms with E-state index in [2.05, 4.69) is 19.6 Å². The van der Waals surface area contributed by atoms with Gasteiger partial charge < -0.3 is 10.2 Å². The van der Waals surface area contributed by atoms with Gasteiger partial charge in [-0.2, -0.15) is 0 Å². The first-order valence-electron chi connectivity index (χ1n) is 4.60. The Morgan fingerprint density at radius 1 is 1.36 bits per heavy atom. The average molecular weight is 230 g/mol. The minimum atomic E-state index is -1.54. The Bertz CT molecular complexity index is 322. The molecule has 0 unspecified atom stereocenters. The molecule has 1 rings (SSSR count). The van der Waals surface area contributed by atoms with Gasteiger partial charge in [0.1, 0.15) is 5.75 Å². The van der Waals surface area contributed by atoms with Crippen molar-refractivity contribution in [3.63, 3.8) is 0 Å². The minimum absolute atomic E-state index is 0.464. The zero-order valence-corrected chi connectivity index (χ0v) is 10.6. The monoisotopic (exact) mass is 229 g/mol. The summed E-state index contributed by atoms with van der Waals surface area (Å²) in [6.45, 7) is 6.87. The normalized spacial score (nSPS) is 11.5. The lowest BCUT2D eigenvalue weighted by atomic mass is 10.2. The van der Waals surface area contributed by atoms with Gasteiger partial charge in [0.05, 0.1) is 0 Å². The second-order valence-electron chi connectivity index (χ2n) is 4.17. The molecule has 0 saturated heterocycles. The Balaban J connectivity index is 2.87. The molecule has 0 atom stereocenters. The van der Waals surface area contributed by atoms with E-state index in [1.165, 1.54) is 0 Å². The van der Waals surface area contributed by atoms with Crippen molar-refractivity contribution in [3.05, 3.63) is 28.8 Å². The lowest BCUT2D eigenvalue weighted by Crippen LogP contribution is -2.29. The third-order valence-electron chi connectivity index (χ3n) is 1.67. The molecule has 1 aromatic carbocycles. The first kappa shape index (κ1) is 11.6. The maximum absolute atomic E-state index is 6.01. The van der Waals surface area contributed by atoms with E-state index in [0.29, 0.717) is 11.6 Å². The molecule has 2 N–H and O–H groups in total. The van der Waals surface area contributed by atoms with Gasteiger partial charge in [0.15, 0.2) is 0 Å². The Hall–Kier alpha value is -0.513. The van der Waals surface area contributed by atoms with Crippen LogP contribution in [-0.4, -0.2) is 8.32 Å². The summed E-state index contributed by atoms with van der Waals surface area (Å²) in [5, 5.41) is 0.684. The van der Waals surface area contributed by atoms with Crippen molar-refractivity contribution >= 4 is 19.9 Å². The number of hydrogen-bond acceptors (Lipinski definition) is 2. The molecule has 0 radical (unpaired) electrons. The standard InChI is InChI=1S/C10H16ClNOSi/c1-14(2,3)13-9-5-4-8(7-12)10(11)6-9/h4-6H,7,12H2,1-3H3. The zero-order chi connectivity index (χ0) is 10.8. The second-order valence-corrected chi connectivity index (χ2v) is 9.01. The number of nitrogens with two attached hydrogens (primary N) is 1. The van der Waals surface area contributed by atoms with Crippen molar-refractivity contribution in [3.8, 4) is 5.75 Å². The molecule has 0 heterocycles. The van der Waals surface area contributed by atoms with E-state index >= 15 is 0 Å². The molecule has 0 aliphatic rings. The summed E-state index contributed by atoms with van der Waals surface area (Å²) >= 11 is 6.01. The van der Waals surface area contributed by atoms with Gasteiger partial charge in [-0.3, -0.25) is 0 Å². The van der Waals surface area contributed by atoms with Crippen LogP contribution in [0.3, 0.4) is 0 Å². The lowest BCUT2D eigenvalue weighted by molar-refractivity contribution is 0.557. The summed E-state index contributed by atoms with van der Waals surface area (Å²) in [7, 11) is -1.54. The van der Waals surface area contributed by atoms with Crippen LogP contribution in [0.15, 0.2) is 18.2 Å². The molecule has 14 heavy (non-hydrogen) atoms. The summed E-state index contributed by atoms with van der Waals surface area (Å²) in [4.78, 5) is 0. The minimum Gasteiger partial charge on any atom is -0.544 e. The molecule has 0 amide bonds. The topological polar surface area (TPSA) is 35.2 Å². The molecule has 78 valence electrons. The molecule has 0 spiro atoms. The van der Waals surface area contributed by atoms with Crippen LogP contribution in [0.4, 0.5) is 0 Å². The summed E-state index contributed by atoms with van der Waals surface area (Å²) in [5.41, 5.74) is 6.46. The Labute approximate surface area is 91.2 Å². The van der Waals surface area contributed by atoms with E-state index in [9.17, 15) is 0 Å². The molecular formula is C10H16ClNOSi. The van der Waals surface area contributed by atoms with Crippen LogP contribution in [0.25, 0.3) is 0 Å². The molecule has 0 fully saturated rings. The smallest absolute Gasteiger partial charge is 0.242 e. The fraction of sp³-hybridized carbons (Fsp3) is 0.400. The van der Waals surface area contributed by atoms with Gasteiger partial charge in [0, 0.05) is 11.6 Å². The quantitative estimate of drug-likeness (QED) is 0.809. The van der Waals surface area contributed by atoms with Gasteiger partial charge in [-0.15, -0.1) is 0 Å². The van der Waals surface area contributed by atoms with Crippen LogP contribution >= 0.6 is 11.6 Å². The largest absolute Gasteiger partial charge is 0.544 e. The second kappa shape index (κ2) is 4.34. The van der Waals surface area contributed by atoms with Crippen LogP contribution in [0.5, 0.6) is 5.75 Å². The molecule has 0 aromatic heterocycles. The van der Waals surface area contributed by atoms with Crippen LogP contribution in [0, 0.1) is 0 Å². The van der Waals surface area contributed by atoms with E-state index in [4.69, 9.17) is 21.8 Å². The van der Waals surface area contributed by atoms with Crippen molar-refractivity contribution in [1.29, 1.82) is 0 Å². The summed E-state index contributed by atoms with van der Waals surface area (Å²) in [6, 6.07) is 5.67. The Kier molecular flexibility index (Phi) is 3.58. The molecule has 2 nitrogen and oxygen atoms in total. The summed E-state index contributed by atoms with van der Waals surface area (Å²) < 4.78 is 5.80. The van der Waals surface area contributed by atoms with Gasteiger partial charge in [0.2, 0.25) is 8.32 Å². The molecule has 1 aromatic rings. The average Bonchev–Trinajstić information content (AvgIpc) is 2.01. The van der Waals surface area contributed by atoms with E-state index in [1.807, 2.05) is 18.2 Å². The van der Waals surface area contributed by atoms with Crippen molar-refractivity contribution in [2.75, 3.05) is 0 Å². The van der Waals surface area contributed by atoms with E-state index in [1.54, 1.807) is 0 Å². The van der Waals surface area contributed by atoms with Crippen molar-refractivity contribution in [2.45, 2.75) is 26.2 Å². The van der Waals surface area contributed by atoms with Gasteiger partial charge in [-0.25, -0.2) is 0 Å². The molecule has 4 heteroatoms. The molecule has 0 aliphatic heterocycles. The van der Waals surface area contributed by atoms with Crippen molar-refractivity contribution in [2.24, 2.45) is 5.73 Å². The van der Waals surface area contributed by atoms with Gasteiger partial charge in [-0.1, -0.05) is 17.7 Å². The van der Waals surface area contributed by atoms with Crippen molar-refractivity contribution in [1.82, 2.24) is 0 Å². The highest BCUT2D eigenvalue weighted by atomic mass is 35.5. The van der Waals surface area contributed by atoms with E-state index in [0.717, 1.165) is 11.3 Å². The number of hydrogen-bond donors (Lipinski definition) is 1. The SMILES string of the molecule is C[Si](C)(C)Oc1ccc(CN)c(Cl)c1. The lowest BCUT2D eigenvalue weighted by Gasteiger charge is -2.19. The zero-order valence-electron chi connectivity index (χ0n) is 8.80. The predicted molar refractivity (Wildman–Crippen MR) is 63.3 cm³/mol. The molecule has 0 bridgehead atoms. The highest BCUT2D eigenvalue weighted by molar-refractivity contribution is 6.70. The highest BCUT2D eigenvalue weighted by Crippen LogP contribution is 2.24. The van der Waals surface area contributed by atoms with Crippen LogP contribution in [0.1, 0.15) is 5.56 Å².